The van der Waals surface area contributed by atoms with Gasteiger partial charge in [-0.15, -0.1) is 0 Å². The Kier molecular flexibility index (Phi) is 3.60. The summed E-state index contributed by atoms with van der Waals surface area (Å²) >= 11 is 5.87. The minimum atomic E-state index is 0.455. The Bertz CT molecular complexity index is 283. The number of ether oxygens (including phenoxy) is 1. The molecule has 0 aliphatic rings. The molecule has 13 heavy (non-hydrogen) atoms. The van der Waals surface area contributed by atoms with Gasteiger partial charge in [0.25, 0.3) is 0 Å². The molecule has 0 N–H and O–H groups in total. The molecule has 1 heterocycles. The lowest BCUT2D eigenvalue weighted by atomic mass is 10.2. The third kappa shape index (κ3) is 2.15. The van der Waals surface area contributed by atoms with Crippen LogP contribution in [0.25, 0.3) is 0 Å². The highest BCUT2D eigenvalue weighted by Crippen LogP contribution is 2.24. The van der Waals surface area contributed by atoms with Crippen molar-refractivity contribution in [3.05, 3.63) is 11.0 Å². The minimum Gasteiger partial charge on any atom is -0.480 e. The maximum absolute atomic E-state index is 5.87. The molecule has 0 bridgehead atoms. The first-order chi connectivity index (χ1) is 6.20. The number of aryl methyl sites for hydroxylation is 1. The highest BCUT2D eigenvalue weighted by molar-refractivity contribution is 6.30. The van der Waals surface area contributed by atoms with Gasteiger partial charge in [-0.2, -0.15) is 0 Å². The van der Waals surface area contributed by atoms with E-state index in [4.69, 9.17) is 16.3 Å². The number of methoxy groups -OCH3 is 1. The third-order valence-electron chi connectivity index (χ3n) is 2.04. The maximum atomic E-state index is 5.87. The second-order valence-corrected chi connectivity index (χ2v) is 3.35. The number of unbranched alkanes of at least 4 members (excludes halogenated alkanes) is 1. The van der Waals surface area contributed by atoms with Crippen molar-refractivity contribution in [2.75, 3.05) is 7.11 Å². The molecule has 1 aromatic rings. The van der Waals surface area contributed by atoms with E-state index in [9.17, 15) is 0 Å². The highest BCUT2D eigenvalue weighted by atomic mass is 35.5. The molecule has 3 nitrogen and oxygen atoms in total. The molecule has 0 aliphatic heterocycles. The lowest BCUT2D eigenvalue weighted by molar-refractivity contribution is 0.380. The fraction of sp³-hybridized carbons (Fsp3) is 0.667. The smallest absolute Gasteiger partial charge is 0.233 e. The van der Waals surface area contributed by atoms with Crippen molar-refractivity contribution < 1.29 is 4.74 Å². The van der Waals surface area contributed by atoms with Crippen molar-refractivity contribution in [3.63, 3.8) is 0 Å². The molecule has 4 heteroatoms. The summed E-state index contributed by atoms with van der Waals surface area (Å²) in [6.07, 6.45) is 3.24. The van der Waals surface area contributed by atoms with E-state index in [0.717, 1.165) is 25.1 Å². The van der Waals surface area contributed by atoms with Gasteiger partial charge in [0.1, 0.15) is 5.82 Å². The van der Waals surface area contributed by atoms with Crippen LogP contribution in [-0.2, 0) is 13.5 Å². The van der Waals surface area contributed by atoms with E-state index in [1.165, 1.54) is 0 Å². The van der Waals surface area contributed by atoms with E-state index in [0.29, 0.717) is 11.0 Å². The van der Waals surface area contributed by atoms with Crippen LogP contribution in [0.2, 0.25) is 5.15 Å². The van der Waals surface area contributed by atoms with Crippen LogP contribution < -0.4 is 4.74 Å². The average Bonchev–Trinajstić information content (AvgIpc) is 2.38. The Morgan fingerprint density at radius 1 is 1.54 bits per heavy atom. The molecule has 0 amide bonds. The molecular formula is C9H15ClN2O. The van der Waals surface area contributed by atoms with E-state index in [-0.39, 0.29) is 0 Å². The first-order valence-electron chi connectivity index (χ1n) is 4.45. The molecule has 0 fully saturated rings. The molecule has 1 aromatic heterocycles. The van der Waals surface area contributed by atoms with Crippen molar-refractivity contribution in [2.45, 2.75) is 26.2 Å². The van der Waals surface area contributed by atoms with Gasteiger partial charge in [-0.05, 0) is 6.42 Å². The van der Waals surface area contributed by atoms with E-state index in [1.807, 2.05) is 11.6 Å². The van der Waals surface area contributed by atoms with Crippen molar-refractivity contribution in [2.24, 2.45) is 7.05 Å². The number of aromatic nitrogens is 2. The Labute approximate surface area is 83.7 Å². The Morgan fingerprint density at radius 2 is 2.23 bits per heavy atom. The first kappa shape index (κ1) is 10.4. The minimum absolute atomic E-state index is 0.455. The van der Waals surface area contributed by atoms with Crippen molar-refractivity contribution in [1.29, 1.82) is 0 Å². The third-order valence-corrected chi connectivity index (χ3v) is 2.29. The summed E-state index contributed by atoms with van der Waals surface area (Å²) in [7, 11) is 3.52. The zero-order valence-corrected chi connectivity index (χ0v) is 9.06. The number of halogens is 1. The van der Waals surface area contributed by atoms with Crippen molar-refractivity contribution in [3.8, 4) is 5.88 Å². The predicted molar refractivity (Wildman–Crippen MR) is 53.4 cm³/mol. The topological polar surface area (TPSA) is 27.1 Å². The van der Waals surface area contributed by atoms with Crippen LogP contribution in [0.15, 0.2) is 0 Å². The summed E-state index contributed by atoms with van der Waals surface area (Å²) in [5.41, 5.74) is 0. The zero-order chi connectivity index (χ0) is 9.84. The molecule has 0 saturated heterocycles. The second kappa shape index (κ2) is 4.51. The summed E-state index contributed by atoms with van der Waals surface area (Å²) in [5, 5.41) is 0.455. The molecule has 74 valence electrons. The monoisotopic (exact) mass is 202 g/mol. The van der Waals surface area contributed by atoms with E-state index >= 15 is 0 Å². The van der Waals surface area contributed by atoms with Crippen LogP contribution in [0.1, 0.15) is 25.6 Å². The molecule has 0 aliphatic carbocycles. The lowest BCUT2D eigenvalue weighted by Gasteiger charge is -2.03. The van der Waals surface area contributed by atoms with Gasteiger partial charge in [0.2, 0.25) is 5.88 Å². The van der Waals surface area contributed by atoms with Gasteiger partial charge >= 0.3 is 0 Å². The van der Waals surface area contributed by atoms with Crippen LogP contribution in [-0.4, -0.2) is 16.7 Å². The SMILES string of the molecule is CCCCc1nc(Cl)c(OC)n1C. The Balaban J connectivity index is 2.83. The largest absolute Gasteiger partial charge is 0.480 e. The summed E-state index contributed by atoms with van der Waals surface area (Å²) in [6, 6.07) is 0. The zero-order valence-electron chi connectivity index (χ0n) is 8.30. The average molecular weight is 203 g/mol. The van der Waals surface area contributed by atoms with Crippen LogP contribution in [0.5, 0.6) is 5.88 Å². The van der Waals surface area contributed by atoms with Gasteiger partial charge in [0, 0.05) is 13.5 Å². The van der Waals surface area contributed by atoms with Gasteiger partial charge < -0.3 is 9.30 Å². The van der Waals surface area contributed by atoms with Crippen LogP contribution >= 0.6 is 11.6 Å². The van der Waals surface area contributed by atoms with E-state index < -0.39 is 0 Å². The number of imidazole rings is 1. The fourth-order valence-electron chi connectivity index (χ4n) is 1.27. The number of hydrogen-bond acceptors (Lipinski definition) is 2. The summed E-state index contributed by atoms with van der Waals surface area (Å²) in [5.74, 6) is 1.64. The molecule has 0 aromatic carbocycles. The molecule has 0 unspecified atom stereocenters. The van der Waals surface area contributed by atoms with Gasteiger partial charge in [-0.1, -0.05) is 24.9 Å². The molecule has 0 atom stereocenters. The highest BCUT2D eigenvalue weighted by Gasteiger charge is 2.12. The van der Waals surface area contributed by atoms with Gasteiger partial charge in [-0.25, -0.2) is 4.98 Å². The van der Waals surface area contributed by atoms with Crippen LogP contribution in [0.4, 0.5) is 0 Å². The summed E-state index contributed by atoms with van der Waals surface area (Å²) in [6.45, 7) is 2.15. The Morgan fingerprint density at radius 3 is 2.69 bits per heavy atom. The van der Waals surface area contributed by atoms with Crippen molar-refractivity contribution in [1.82, 2.24) is 9.55 Å². The fourth-order valence-corrected chi connectivity index (χ4v) is 1.57. The number of rotatable bonds is 4. The molecular weight excluding hydrogens is 188 g/mol. The Hall–Kier alpha value is -0.700. The first-order valence-corrected chi connectivity index (χ1v) is 4.83. The molecule has 1 rings (SSSR count). The number of hydrogen-bond donors (Lipinski definition) is 0. The second-order valence-electron chi connectivity index (χ2n) is 2.99. The van der Waals surface area contributed by atoms with E-state index in [1.54, 1.807) is 7.11 Å². The lowest BCUT2D eigenvalue weighted by Crippen LogP contribution is -1.99. The quantitative estimate of drug-likeness (QED) is 0.750. The summed E-state index contributed by atoms with van der Waals surface area (Å²) in [4.78, 5) is 4.22. The predicted octanol–water partition coefficient (Wildman–Crippen LogP) is 2.42. The van der Waals surface area contributed by atoms with Gasteiger partial charge in [0.15, 0.2) is 5.15 Å². The molecule has 0 spiro atoms. The summed E-state index contributed by atoms with van der Waals surface area (Å²) < 4.78 is 7.01. The normalized spacial score (nSPS) is 10.5. The van der Waals surface area contributed by atoms with Crippen LogP contribution in [0.3, 0.4) is 0 Å². The van der Waals surface area contributed by atoms with Crippen molar-refractivity contribution >= 4 is 11.6 Å². The number of nitrogens with zero attached hydrogens (tertiary/aromatic N) is 2. The van der Waals surface area contributed by atoms with E-state index in [2.05, 4.69) is 11.9 Å². The standard InChI is InChI=1S/C9H15ClN2O/c1-4-5-6-7-11-8(10)9(13-3)12(7)2/h4-6H2,1-3H3. The van der Waals surface area contributed by atoms with Gasteiger partial charge in [0.05, 0.1) is 7.11 Å². The van der Waals surface area contributed by atoms with Crippen LogP contribution in [0, 0.1) is 0 Å². The molecule has 0 radical (unpaired) electrons. The van der Waals surface area contributed by atoms with Gasteiger partial charge in [-0.3, -0.25) is 0 Å². The maximum Gasteiger partial charge on any atom is 0.233 e. The molecule has 0 saturated carbocycles.